The number of rotatable bonds is 4. The third-order valence-electron chi connectivity index (χ3n) is 3.97. The van der Waals surface area contributed by atoms with Crippen LogP contribution < -0.4 is 0 Å². The summed E-state index contributed by atoms with van der Waals surface area (Å²) in [4.78, 5) is 0. The number of aliphatic hydroxyl groups excluding tert-OH is 8. The summed E-state index contributed by atoms with van der Waals surface area (Å²) in [7, 11) is 0. The first kappa shape index (κ1) is 18.9. The zero-order valence-corrected chi connectivity index (χ0v) is 12.0. The molecule has 136 valence electrons. The molecule has 0 bridgehead atoms. The molecule has 4 unspecified atom stereocenters. The molecule has 23 heavy (non-hydrogen) atoms. The van der Waals surface area contributed by atoms with Crippen LogP contribution in [0.3, 0.4) is 0 Å². The number of ether oxygens (including phenoxy) is 3. The zero-order chi connectivity index (χ0) is 17.3. The fourth-order valence-corrected chi connectivity index (χ4v) is 2.49. The molecule has 2 saturated heterocycles. The Hall–Kier alpha value is -0.440. The molecule has 0 aromatic heterocycles. The van der Waals surface area contributed by atoms with Crippen molar-refractivity contribution in [2.75, 3.05) is 13.2 Å². The lowest BCUT2D eigenvalue weighted by atomic mass is 9.98. The molecule has 0 aromatic carbocycles. The Kier molecular flexibility index (Phi) is 6.27. The van der Waals surface area contributed by atoms with E-state index >= 15 is 0 Å². The molecule has 0 aliphatic carbocycles. The molecule has 2 fully saturated rings. The molecule has 0 saturated carbocycles. The quantitative estimate of drug-likeness (QED) is 0.243. The Bertz CT molecular complexity index is 344. The molecule has 0 amide bonds. The third kappa shape index (κ3) is 3.65. The maximum Gasteiger partial charge on any atom is 0.189 e. The maximum absolute atomic E-state index is 9.84. The van der Waals surface area contributed by atoms with Gasteiger partial charge in [0.25, 0.3) is 0 Å². The Morgan fingerprint density at radius 1 is 0.565 bits per heavy atom. The van der Waals surface area contributed by atoms with Gasteiger partial charge in [-0.25, -0.2) is 0 Å². The second-order valence-corrected chi connectivity index (χ2v) is 5.53. The Morgan fingerprint density at radius 3 is 1.22 bits per heavy atom. The number of aliphatic hydroxyl groups is 8. The van der Waals surface area contributed by atoms with Crippen molar-refractivity contribution < 1.29 is 55.1 Å². The molecule has 11 nitrogen and oxygen atoms in total. The average Bonchev–Trinajstić information content (AvgIpc) is 2.55. The van der Waals surface area contributed by atoms with Gasteiger partial charge in [0, 0.05) is 0 Å². The summed E-state index contributed by atoms with van der Waals surface area (Å²) in [6.45, 7) is -1.33. The maximum atomic E-state index is 9.84. The topological polar surface area (TPSA) is 190 Å². The van der Waals surface area contributed by atoms with E-state index in [1.807, 2.05) is 0 Å². The van der Waals surface area contributed by atoms with E-state index in [9.17, 15) is 30.6 Å². The monoisotopic (exact) mass is 342 g/mol. The van der Waals surface area contributed by atoms with Crippen LogP contribution in [0.5, 0.6) is 0 Å². The first-order chi connectivity index (χ1) is 10.8. The van der Waals surface area contributed by atoms with Crippen LogP contribution in [0.4, 0.5) is 0 Å². The van der Waals surface area contributed by atoms with Crippen molar-refractivity contribution in [1.82, 2.24) is 0 Å². The van der Waals surface area contributed by atoms with E-state index in [0.29, 0.717) is 0 Å². The molecule has 0 spiro atoms. The molecule has 11 heteroatoms. The summed E-state index contributed by atoms with van der Waals surface area (Å²) in [6.07, 6.45) is -15.6. The molecule has 8 N–H and O–H groups in total. The third-order valence-corrected chi connectivity index (χ3v) is 3.97. The van der Waals surface area contributed by atoms with Crippen molar-refractivity contribution in [3.63, 3.8) is 0 Å². The van der Waals surface area contributed by atoms with Gasteiger partial charge < -0.3 is 55.1 Å². The van der Waals surface area contributed by atoms with Crippen LogP contribution in [-0.4, -0.2) is 115 Å². The van der Waals surface area contributed by atoms with Gasteiger partial charge in [0.15, 0.2) is 12.6 Å². The standard InChI is InChI=1S/C12H22O11/c13-1-3-5(15)7(17)9(19)11(21-3)23-12-10(20)8(18)6(16)4(2-14)22-12/h3-20H,1-2H2/t3?,4?,5-,6-,7-,8-,9?,10?,11-,12-/m0/s1. The minimum absolute atomic E-state index is 0.667. The number of hydrogen-bond donors (Lipinski definition) is 8. The fraction of sp³-hybridized carbons (Fsp3) is 1.00. The van der Waals surface area contributed by atoms with Gasteiger partial charge in [0.1, 0.15) is 48.8 Å². The Morgan fingerprint density at radius 2 is 0.913 bits per heavy atom. The van der Waals surface area contributed by atoms with Gasteiger partial charge in [0.2, 0.25) is 0 Å². The van der Waals surface area contributed by atoms with Crippen molar-refractivity contribution in [2.45, 2.75) is 61.4 Å². The lowest BCUT2D eigenvalue weighted by Crippen LogP contribution is -2.63. The van der Waals surface area contributed by atoms with Gasteiger partial charge in [-0.15, -0.1) is 0 Å². The molecule has 0 radical (unpaired) electrons. The predicted molar refractivity (Wildman–Crippen MR) is 68.6 cm³/mol. The summed E-state index contributed by atoms with van der Waals surface area (Å²) in [5, 5.41) is 76.4. The van der Waals surface area contributed by atoms with E-state index in [0.717, 1.165) is 0 Å². The highest BCUT2D eigenvalue weighted by Crippen LogP contribution is 2.27. The molecule has 10 atom stereocenters. The zero-order valence-electron chi connectivity index (χ0n) is 12.0. The minimum Gasteiger partial charge on any atom is -0.394 e. The molecular formula is C12H22O11. The van der Waals surface area contributed by atoms with Crippen molar-refractivity contribution >= 4 is 0 Å². The number of hydrogen-bond acceptors (Lipinski definition) is 11. The van der Waals surface area contributed by atoms with Crippen LogP contribution in [-0.2, 0) is 14.2 Å². The van der Waals surface area contributed by atoms with E-state index < -0.39 is 74.6 Å². The van der Waals surface area contributed by atoms with E-state index in [1.165, 1.54) is 0 Å². The van der Waals surface area contributed by atoms with E-state index in [-0.39, 0.29) is 0 Å². The van der Waals surface area contributed by atoms with Gasteiger partial charge in [0.05, 0.1) is 13.2 Å². The normalized spacial score (nSPS) is 51.7. The van der Waals surface area contributed by atoms with E-state index in [4.69, 9.17) is 24.4 Å². The van der Waals surface area contributed by atoms with Crippen molar-refractivity contribution in [3.05, 3.63) is 0 Å². The van der Waals surface area contributed by atoms with Crippen LogP contribution in [0.1, 0.15) is 0 Å². The SMILES string of the molecule is OCC1O[C@@H](O[C@@H]2OC(CO)[C@H](O)[C@H](O)C2O)C(O)[C@@H](O)[C@H]1O. The molecular weight excluding hydrogens is 320 g/mol. The molecule has 2 aliphatic heterocycles. The summed E-state index contributed by atoms with van der Waals surface area (Å²) < 4.78 is 15.3. The van der Waals surface area contributed by atoms with Crippen LogP contribution in [0, 0.1) is 0 Å². The summed E-state index contributed by atoms with van der Waals surface area (Å²) >= 11 is 0. The minimum atomic E-state index is -1.72. The largest absolute Gasteiger partial charge is 0.394 e. The van der Waals surface area contributed by atoms with Crippen LogP contribution in [0.15, 0.2) is 0 Å². The van der Waals surface area contributed by atoms with Crippen molar-refractivity contribution in [3.8, 4) is 0 Å². The highest BCUT2D eigenvalue weighted by Gasteiger charge is 2.49. The van der Waals surface area contributed by atoms with E-state index in [2.05, 4.69) is 0 Å². The molecule has 2 rings (SSSR count). The Labute approximate surface area is 130 Å². The van der Waals surface area contributed by atoms with Gasteiger partial charge >= 0.3 is 0 Å². The lowest BCUT2D eigenvalue weighted by molar-refractivity contribution is -0.376. The second-order valence-electron chi connectivity index (χ2n) is 5.53. The highest BCUT2D eigenvalue weighted by molar-refractivity contribution is 4.92. The molecule has 2 heterocycles. The highest BCUT2D eigenvalue weighted by atomic mass is 16.8. The first-order valence-electron chi connectivity index (χ1n) is 7.08. The van der Waals surface area contributed by atoms with Crippen LogP contribution >= 0.6 is 0 Å². The van der Waals surface area contributed by atoms with Gasteiger partial charge in [-0.05, 0) is 0 Å². The van der Waals surface area contributed by atoms with Crippen molar-refractivity contribution in [1.29, 1.82) is 0 Å². The van der Waals surface area contributed by atoms with Crippen LogP contribution in [0.25, 0.3) is 0 Å². The molecule has 2 aliphatic rings. The summed E-state index contributed by atoms with van der Waals surface area (Å²) in [5.41, 5.74) is 0. The lowest BCUT2D eigenvalue weighted by Gasteiger charge is -2.44. The average molecular weight is 342 g/mol. The Balaban J connectivity index is 2.07. The predicted octanol–water partition coefficient (Wildman–Crippen LogP) is -5.40. The summed E-state index contributed by atoms with van der Waals surface area (Å²) in [5.74, 6) is 0. The van der Waals surface area contributed by atoms with Crippen LogP contribution in [0.2, 0.25) is 0 Å². The second kappa shape index (κ2) is 7.63. The molecule has 0 aromatic rings. The summed E-state index contributed by atoms with van der Waals surface area (Å²) in [6, 6.07) is 0. The fourth-order valence-electron chi connectivity index (χ4n) is 2.49. The van der Waals surface area contributed by atoms with E-state index in [1.54, 1.807) is 0 Å². The van der Waals surface area contributed by atoms with Gasteiger partial charge in [-0.2, -0.15) is 0 Å². The first-order valence-corrected chi connectivity index (χ1v) is 7.08. The van der Waals surface area contributed by atoms with Crippen molar-refractivity contribution in [2.24, 2.45) is 0 Å². The van der Waals surface area contributed by atoms with Gasteiger partial charge in [-0.3, -0.25) is 0 Å². The smallest absolute Gasteiger partial charge is 0.189 e. The van der Waals surface area contributed by atoms with Gasteiger partial charge in [-0.1, -0.05) is 0 Å².